The van der Waals surface area contributed by atoms with E-state index in [2.05, 4.69) is 15.6 Å². The van der Waals surface area contributed by atoms with Crippen molar-refractivity contribution in [3.63, 3.8) is 0 Å². The fraction of sp³-hybridized carbons (Fsp3) is 0.385. The van der Waals surface area contributed by atoms with Gasteiger partial charge in [-0.15, -0.1) is 0 Å². The molecule has 230 valence electrons. The van der Waals surface area contributed by atoms with Crippen LogP contribution in [0.25, 0.3) is 5.65 Å². The number of imidazole rings is 1. The van der Waals surface area contributed by atoms with Crippen LogP contribution >= 0.6 is 11.6 Å². The van der Waals surface area contributed by atoms with Gasteiger partial charge in [-0.1, -0.05) is 17.7 Å². The molecular formula is C26H28ClF5N4O6. The van der Waals surface area contributed by atoms with E-state index in [0.717, 1.165) is 12.1 Å². The minimum absolute atomic E-state index is 0.126. The van der Waals surface area contributed by atoms with Crippen molar-refractivity contribution in [1.29, 1.82) is 0 Å². The summed E-state index contributed by atoms with van der Waals surface area (Å²) in [5, 5.41) is 12.7. The Morgan fingerprint density at radius 3 is 2.24 bits per heavy atom. The minimum Gasteiger partial charge on any atom is -0.485 e. The molecule has 1 unspecified atom stereocenters. The summed E-state index contributed by atoms with van der Waals surface area (Å²) in [5.41, 5.74) is -0.0296. The monoisotopic (exact) mass is 622 g/mol. The Kier molecular flexibility index (Phi) is 11.1. The van der Waals surface area contributed by atoms with Crippen LogP contribution < -0.4 is 15.4 Å². The van der Waals surface area contributed by atoms with Gasteiger partial charge in [-0.05, 0) is 46.8 Å². The van der Waals surface area contributed by atoms with Crippen molar-refractivity contribution in [2.45, 2.75) is 59.0 Å². The number of aliphatic carboxylic acids is 1. The molecule has 1 aromatic carbocycles. The van der Waals surface area contributed by atoms with Gasteiger partial charge in [0.2, 0.25) is 0 Å². The molecule has 0 aliphatic heterocycles. The van der Waals surface area contributed by atoms with Crippen LogP contribution in [0.2, 0.25) is 5.02 Å². The molecule has 0 saturated carbocycles. The van der Waals surface area contributed by atoms with Crippen molar-refractivity contribution in [2.24, 2.45) is 0 Å². The number of fused-ring (bicyclic) bond motifs is 1. The second-order valence-corrected chi connectivity index (χ2v) is 10.2. The number of pyridine rings is 1. The average molecular weight is 623 g/mol. The molecule has 3 N–H and O–H groups in total. The Labute approximate surface area is 241 Å². The van der Waals surface area contributed by atoms with Gasteiger partial charge in [-0.2, -0.15) is 13.2 Å². The quantitative estimate of drug-likeness (QED) is 0.300. The lowest BCUT2D eigenvalue weighted by molar-refractivity contribution is -0.192. The third-order valence-electron chi connectivity index (χ3n) is 5.05. The molecule has 0 bridgehead atoms. The maximum absolute atomic E-state index is 14.0. The van der Waals surface area contributed by atoms with Gasteiger partial charge in [0.1, 0.15) is 29.5 Å². The zero-order chi connectivity index (χ0) is 32.0. The van der Waals surface area contributed by atoms with E-state index in [9.17, 15) is 31.5 Å². The Balaban J connectivity index is 0.000000782. The van der Waals surface area contributed by atoms with E-state index in [0.29, 0.717) is 5.69 Å². The van der Waals surface area contributed by atoms with Crippen LogP contribution in [0.4, 0.5) is 26.7 Å². The van der Waals surface area contributed by atoms with Crippen LogP contribution in [0.15, 0.2) is 30.5 Å². The topological polar surface area (TPSA) is 131 Å². The summed E-state index contributed by atoms with van der Waals surface area (Å²) in [6.45, 7) is 8.35. The zero-order valence-electron chi connectivity index (χ0n) is 23.0. The van der Waals surface area contributed by atoms with Crippen molar-refractivity contribution >= 4 is 35.2 Å². The van der Waals surface area contributed by atoms with E-state index in [1.165, 1.54) is 22.7 Å². The number of aryl methyl sites for hydroxylation is 1. The zero-order valence-corrected chi connectivity index (χ0v) is 23.8. The lowest BCUT2D eigenvalue weighted by Crippen LogP contribution is -2.44. The summed E-state index contributed by atoms with van der Waals surface area (Å²) in [6.07, 6.45) is -4.19. The Hall–Kier alpha value is -4.14. The number of rotatable bonds is 7. The molecule has 0 aliphatic rings. The van der Waals surface area contributed by atoms with E-state index in [4.69, 9.17) is 31.0 Å². The van der Waals surface area contributed by atoms with E-state index in [1.54, 1.807) is 34.6 Å². The van der Waals surface area contributed by atoms with Crippen LogP contribution in [-0.4, -0.2) is 56.8 Å². The molecule has 3 rings (SSSR count). The SMILES string of the molecule is Cc1nc2c(OCc3c(F)cccc3F)cc(Cl)cn2c1C(=O)NCC(C)NC(=O)OC(C)(C)C.O=C(O)C(F)(F)F. The van der Waals surface area contributed by atoms with Gasteiger partial charge in [-0.3, -0.25) is 9.20 Å². The highest BCUT2D eigenvalue weighted by atomic mass is 35.5. The van der Waals surface area contributed by atoms with Crippen molar-refractivity contribution in [2.75, 3.05) is 6.54 Å². The van der Waals surface area contributed by atoms with Crippen LogP contribution in [0, 0.1) is 18.6 Å². The number of carboxylic acids is 1. The van der Waals surface area contributed by atoms with E-state index in [-0.39, 0.29) is 34.2 Å². The number of alkyl halides is 3. The smallest absolute Gasteiger partial charge is 0.485 e. The highest BCUT2D eigenvalue weighted by molar-refractivity contribution is 6.30. The molecule has 10 nitrogen and oxygen atoms in total. The van der Waals surface area contributed by atoms with Gasteiger partial charge in [0.05, 0.1) is 16.3 Å². The number of carbonyl (C=O) groups excluding carboxylic acids is 2. The Morgan fingerprint density at radius 1 is 1.14 bits per heavy atom. The maximum Gasteiger partial charge on any atom is 0.490 e. The first-order chi connectivity index (χ1) is 19.3. The van der Waals surface area contributed by atoms with Gasteiger partial charge >= 0.3 is 18.2 Å². The molecular weight excluding hydrogens is 595 g/mol. The molecule has 0 saturated heterocycles. The molecule has 2 heterocycles. The number of amides is 2. The summed E-state index contributed by atoms with van der Waals surface area (Å²) >= 11 is 6.22. The van der Waals surface area contributed by atoms with Crippen molar-refractivity contribution in [3.8, 4) is 5.75 Å². The summed E-state index contributed by atoms with van der Waals surface area (Å²) in [4.78, 5) is 38.2. The number of nitrogens with zero attached hydrogens (tertiary/aromatic N) is 2. The molecule has 42 heavy (non-hydrogen) atoms. The number of benzene rings is 1. The molecule has 0 spiro atoms. The van der Waals surface area contributed by atoms with Crippen molar-refractivity contribution in [3.05, 3.63) is 64.1 Å². The fourth-order valence-corrected chi connectivity index (χ4v) is 3.48. The predicted octanol–water partition coefficient (Wildman–Crippen LogP) is 5.43. The number of halogens is 6. The van der Waals surface area contributed by atoms with Crippen LogP contribution in [0.1, 0.15) is 49.4 Å². The molecule has 2 amide bonds. The highest BCUT2D eigenvalue weighted by Gasteiger charge is 2.38. The molecule has 3 aromatic rings. The number of hydrogen-bond acceptors (Lipinski definition) is 6. The highest BCUT2D eigenvalue weighted by Crippen LogP contribution is 2.28. The normalized spacial score (nSPS) is 12.2. The Bertz CT molecular complexity index is 1440. The standard InChI is InChI=1S/C24H27ClF2N4O4.C2HF3O2/c1-13(29-23(33)35-24(3,4)5)10-28-22(32)20-14(2)30-21-19(9-15(25)11-31(20)21)34-12-16-17(26)7-6-8-18(16)27;3-2(4,5)1(6)7/h6-9,11,13H,10,12H2,1-5H3,(H,28,32)(H,29,33);(H,6,7). The summed E-state index contributed by atoms with van der Waals surface area (Å²) < 4.78 is 72.0. The van der Waals surface area contributed by atoms with Gasteiger partial charge in [0.15, 0.2) is 11.4 Å². The summed E-state index contributed by atoms with van der Waals surface area (Å²) in [6, 6.07) is 4.58. The summed E-state index contributed by atoms with van der Waals surface area (Å²) in [7, 11) is 0. The third-order valence-corrected chi connectivity index (χ3v) is 5.26. The van der Waals surface area contributed by atoms with E-state index < -0.39 is 54.0 Å². The third kappa shape index (κ3) is 9.75. The van der Waals surface area contributed by atoms with Crippen molar-refractivity contribution < 1.29 is 50.9 Å². The summed E-state index contributed by atoms with van der Waals surface area (Å²) in [5.74, 6) is -4.54. The number of carboxylic acid groups (broad SMARTS) is 1. The maximum atomic E-state index is 14.0. The average Bonchev–Trinajstić information content (AvgIpc) is 3.16. The van der Waals surface area contributed by atoms with E-state index >= 15 is 0 Å². The van der Waals surface area contributed by atoms with Gasteiger partial charge in [0.25, 0.3) is 5.91 Å². The second kappa shape index (κ2) is 13.7. The fourth-order valence-electron chi connectivity index (χ4n) is 3.29. The second-order valence-electron chi connectivity index (χ2n) is 9.81. The molecule has 16 heteroatoms. The first kappa shape index (κ1) is 34.1. The van der Waals surface area contributed by atoms with Crippen molar-refractivity contribution in [1.82, 2.24) is 20.0 Å². The van der Waals surface area contributed by atoms with Crippen LogP contribution in [0.5, 0.6) is 5.75 Å². The number of nitrogens with one attached hydrogen (secondary N) is 2. The van der Waals surface area contributed by atoms with Crippen LogP contribution in [-0.2, 0) is 16.1 Å². The first-order valence-electron chi connectivity index (χ1n) is 12.1. The molecule has 0 fully saturated rings. The van der Waals surface area contributed by atoms with Gasteiger partial charge in [0, 0.05) is 24.8 Å². The Morgan fingerprint density at radius 2 is 1.71 bits per heavy atom. The molecule has 1 atom stereocenters. The number of hydrogen-bond donors (Lipinski definition) is 3. The van der Waals surface area contributed by atoms with E-state index in [1.807, 2.05) is 0 Å². The van der Waals surface area contributed by atoms with Gasteiger partial charge < -0.3 is 25.2 Å². The number of aromatic nitrogens is 2. The first-order valence-corrected chi connectivity index (χ1v) is 12.5. The van der Waals surface area contributed by atoms with Gasteiger partial charge in [-0.25, -0.2) is 23.4 Å². The lowest BCUT2D eigenvalue weighted by atomic mass is 10.2. The lowest BCUT2D eigenvalue weighted by Gasteiger charge is -2.22. The minimum atomic E-state index is -5.08. The molecule has 0 aliphatic carbocycles. The molecule has 2 aromatic heterocycles. The predicted molar refractivity (Wildman–Crippen MR) is 140 cm³/mol. The largest absolute Gasteiger partial charge is 0.490 e. The number of alkyl carbamates (subject to hydrolysis) is 1. The number of ether oxygens (including phenoxy) is 2. The number of carbonyl (C=O) groups is 3. The van der Waals surface area contributed by atoms with Crippen LogP contribution in [0.3, 0.4) is 0 Å². The molecule has 0 radical (unpaired) electrons.